The Kier molecular flexibility index (Phi) is 7.89. The highest BCUT2D eigenvalue weighted by atomic mass is 35.5. The van der Waals surface area contributed by atoms with Gasteiger partial charge in [0, 0.05) is 24.6 Å². The summed E-state index contributed by atoms with van der Waals surface area (Å²) in [5, 5.41) is 16.2. The first-order chi connectivity index (χ1) is 16.1. The summed E-state index contributed by atoms with van der Waals surface area (Å²) < 4.78 is 41.5. The number of carbonyl (C=O) groups excluding carboxylic acids is 1. The third-order valence-corrected chi connectivity index (χ3v) is 5.89. The Morgan fingerprint density at radius 2 is 2.06 bits per heavy atom. The lowest BCUT2D eigenvalue weighted by molar-refractivity contribution is -0.624. The van der Waals surface area contributed by atoms with Crippen LogP contribution in [0, 0.1) is 5.21 Å². The average Bonchev–Trinajstić information content (AvgIpc) is 2.80. The average molecular weight is 513 g/mol. The number of nitrogens with zero attached hydrogens (tertiary/aromatic N) is 4. The van der Waals surface area contributed by atoms with E-state index in [0.717, 1.165) is 23.0 Å². The zero-order valence-electron chi connectivity index (χ0n) is 17.7. The summed E-state index contributed by atoms with van der Waals surface area (Å²) >= 11 is 5.98. The Morgan fingerprint density at radius 3 is 2.76 bits per heavy atom. The van der Waals surface area contributed by atoms with Crippen molar-refractivity contribution in [2.75, 3.05) is 18.1 Å². The lowest BCUT2D eigenvalue weighted by Gasteiger charge is -2.17. The van der Waals surface area contributed by atoms with Crippen molar-refractivity contribution in [2.45, 2.75) is 23.9 Å². The molecule has 0 aliphatic carbocycles. The predicted octanol–water partition coefficient (Wildman–Crippen LogP) is 1.18. The van der Waals surface area contributed by atoms with Gasteiger partial charge in [-0.25, -0.2) is 4.98 Å². The molecule has 3 rings (SSSR count). The van der Waals surface area contributed by atoms with Crippen LogP contribution in [0.3, 0.4) is 0 Å². The molecule has 180 valence electrons. The van der Waals surface area contributed by atoms with Crippen LogP contribution in [0.15, 0.2) is 58.6 Å². The minimum atomic E-state index is -3.61. The molecule has 1 unspecified atom stereocenters. The van der Waals surface area contributed by atoms with Crippen LogP contribution in [-0.2, 0) is 34.6 Å². The van der Waals surface area contributed by atoms with Crippen molar-refractivity contribution < 1.29 is 22.5 Å². The van der Waals surface area contributed by atoms with Crippen LogP contribution in [0.5, 0.6) is 0 Å². The van der Waals surface area contributed by atoms with E-state index in [1.165, 1.54) is 24.6 Å². The maximum Gasteiger partial charge on any atom is 0.347 e. The molecular weight excluding hydrogens is 494 g/mol. The van der Waals surface area contributed by atoms with E-state index in [1.807, 2.05) is 0 Å². The Balaban J connectivity index is 1.71. The van der Waals surface area contributed by atoms with Crippen LogP contribution in [0.2, 0.25) is 5.15 Å². The molecule has 34 heavy (non-hydrogen) atoms. The summed E-state index contributed by atoms with van der Waals surface area (Å²) in [6.07, 6.45) is 4.93. The Morgan fingerprint density at radius 1 is 1.29 bits per heavy atom. The van der Waals surface area contributed by atoms with Crippen LogP contribution in [0.4, 0.5) is 14.6 Å². The van der Waals surface area contributed by atoms with Gasteiger partial charge in [0.05, 0.1) is 40.7 Å². The van der Waals surface area contributed by atoms with Gasteiger partial charge >= 0.3 is 5.92 Å². The molecule has 0 aliphatic rings. The first-order valence-electron chi connectivity index (χ1n) is 9.70. The zero-order valence-corrected chi connectivity index (χ0v) is 19.3. The summed E-state index contributed by atoms with van der Waals surface area (Å²) in [5.74, 6) is -4.71. The third kappa shape index (κ3) is 5.91. The van der Waals surface area contributed by atoms with Gasteiger partial charge in [0.1, 0.15) is 11.7 Å². The molecule has 0 aliphatic heterocycles. The van der Waals surface area contributed by atoms with E-state index in [2.05, 4.69) is 20.6 Å². The smallest absolute Gasteiger partial charge is 0.347 e. The second kappa shape index (κ2) is 10.7. The minimum Gasteiger partial charge on any atom is -0.618 e. The Bertz CT molecular complexity index is 1290. The predicted molar refractivity (Wildman–Crippen MR) is 120 cm³/mol. The topological polar surface area (TPSA) is 133 Å². The SMILES string of the molecule is CS(=O)c1cccnc1CNC(=O)Cn1c(Cl)cnc(NCC(F)(F)c2cccc[n+]2[O-])c1=O. The number of pyridine rings is 2. The molecule has 0 spiro atoms. The van der Waals surface area contributed by atoms with E-state index in [1.54, 1.807) is 12.1 Å². The molecule has 0 fully saturated rings. The van der Waals surface area contributed by atoms with E-state index in [4.69, 9.17) is 11.6 Å². The van der Waals surface area contributed by atoms with Gasteiger partial charge in [-0.15, -0.1) is 0 Å². The van der Waals surface area contributed by atoms with E-state index >= 15 is 0 Å². The number of halogens is 3. The quantitative estimate of drug-likeness (QED) is 0.325. The van der Waals surface area contributed by atoms with Gasteiger partial charge in [0.15, 0.2) is 12.0 Å². The molecule has 0 aromatic carbocycles. The monoisotopic (exact) mass is 512 g/mol. The molecule has 0 saturated heterocycles. The first kappa shape index (κ1) is 25.2. The minimum absolute atomic E-state index is 0.0285. The normalized spacial score (nSPS) is 12.2. The van der Waals surface area contributed by atoms with Crippen molar-refractivity contribution in [1.29, 1.82) is 0 Å². The highest BCUT2D eigenvalue weighted by Crippen LogP contribution is 2.25. The number of aromatic nitrogens is 4. The molecule has 1 amide bonds. The van der Waals surface area contributed by atoms with Gasteiger partial charge in [-0.3, -0.25) is 23.3 Å². The van der Waals surface area contributed by atoms with Crippen molar-refractivity contribution in [3.63, 3.8) is 0 Å². The van der Waals surface area contributed by atoms with Crippen molar-refractivity contribution in [1.82, 2.24) is 19.9 Å². The lowest BCUT2D eigenvalue weighted by atomic mass is 10.2. The number of nitrogens with one attached hydrogen (secondary N) is 2. The molecule has 3 aromatic rings. The van der Waals surface area contributed by atoms with Crippen LogP contribution in [0.25, 0.3) is 0 Å². The molecule has 10 nitrogen and oxygen atoms in total. The van der Waals surface area contributed by atoms with Crippen LogP contribution in [-0.4, -0.2) is 37.5 Å². The van der Waals surface area contributed by atoms with Crippen molar-refractivity contribution in [3.05, 3.63) is 81.0 Å². The van der Waals surface area contributed by atoms with Gasteiger partial charge in [0.25, 0.3) is 11.3 Å². The van der Waals surface area contributed by atoms with Crippen LogP contribution >= 0.6 is 11.6 Å². The van der Waals surface area contributed by atoms with Crippen molar-refractivity contribution in [3.8, 4) is 0 Å². The lowest BCUT2D eigenvalue weighted by Crippen LogP contribution is -2.41. The summed E-state index contributed by atoms with van der Waals surface area (Å²) in [7, 11) is -1.32. The summed E-state index contributed by atoms with van der Waals surface area (Å²) in [6, 6.07) is 6.79. The fourth-order valence-corrected chi connectivity index (χ4v) is 3.84. The maximum absolute atomic E-state index is 14.4. The summed E-state index contributed by atoms with van der Waals surface area (Å²) in [5.41, 5.74) is -1.32. The summed E-state index contributed by atoms with van der Waals surface area (Å²) in [4.78, 5) is 33.3. The van der Waals surface area contributed by atoms with Crippen LogP contribution in [0.1, 0.15) is 11.4 Å². The van der Waals surface area contributed by atoms with Gasteiger partial charge in [-0.2, -0.15) is 13.5 Å². The van der Waals surface area contributed by atoms with Gasteiger partial charge in [-0.1, -0.05) is 11.6 Å². The molecule has 3 aromatic heterocycles. The van der Waals surface area contributed by atoms with E-state index in [-0.39, 0.29) is 16.4 Å². The zero-order chi connectivity index (χ0) is 24.9. The number of amides is 1. The maximum atomic E-state index is 14.4. The van der Waals surface area contributed by atoms with Gasteiger partial charge in [-0.05, 0) is 18.2 Å². The molecule has 3 heterocycles. The third-order valence-electron chi connectivity index (χ3n) is 4.60. The fourth-order valence-electron chi connectivity index (χ4n) is 2.93. The number of carbonyl (C=O) groups is 1. The number of alkyl halides is 2. The Hall–Kier alpha value is -3.45. The van der Waals surface area contributed by atoms with Gasteiger partial charge in [0.2, 0.25) is 5.91 Å². The second-order valence-corrected chi connectivity index (χ2v) is 8.70. The molecule has 2 N–H and O–H groups in total. The molecule has 14 heteroatoms. The number of hydrogen-bond acceptors (Lipinski definition) is 7. The number of hydrogen-bond donors (Lipinski definition) is 2. The molecular formula is C20H19ClF2N6O4S. The molecule has 0 saturated carbocycles. The molecule has 0 bridgehead atoms. The second-order valence-electron chi connectivity index (χ2n) is 6.97. The van der Waals surface area contributed by atoms with Gasteiger partial charge < -0.3 is 15.8 Å². The number of anilines is 1. The highest BCUT2D eigenvalue weighted by Gasteiger charge is 2.39. The Labute approximate surface area is 199 Å². The molecule has 0 radical (unpaired) electrons. The highest BCUT2D eigenvalue weighted by molar-refractivity contribution is 7.84. The molecule has 1 atom stereocenters. The summed E-state index contributed by atoms with van der Waals surface area (Å²) in [6.45, 7) is -1.66. The standard InChI is InChI=1S/C20H19ClF2N6O4S/c1-34(33)14-5-4-7-24-13(14)9-25-17(30)11-28-16(21)10-26-18(19(28)31)27-12-20(22,23)15-6-2-3-8-29(15)32/h2-8,10H,9,11-12H2,1H3,(H,25,30)(H,26,27). The van der Waals surface area contributed by atoms with E-state index in [9.17, 15) is 27.8 Å². The van der Waals surface area contributed by atoms with E-state index in [0.29, 0.717) is 10.6 Å². The van der Waals surface area contributed by atoms with Crippen molar-refractivity contribution >= 4 is 34.1 Å². The van der Waals surface area contributed by atoms with E-state index < -0.39 is 52.8 Å². The largest absolute Gasteiger partial charge is 0.618 e. The van der Waals surface area contributed by atoms with Crippen molar-refractivity contribution in [2.24, 2.45) is 0 Å². The first-order valence-corrected chi connectivity index (χ1v) is 11.6. The van der Waals surface area contributed by atoms with Crippen LogP contribution < -0.4 is 20.9 Å². The number of rotatable bonds is 9. The fraction of sp³-hybridized carbons (Fsp3) is 0.250.